The fourth-order valence-electron chi connectivity index (χ4n) is 1.03. The molecule has 12 heavy (non-hydrogen) atoms. The highest BCUT2D eigenvalue weighted by Gasteiger charge is 2.10. The smallest absolute Gasteiger partial charge is 0.352 e. The average molecular weight is 275 g/mol. The summed E-state index contributed by atoms with van der Waals surface area (Å²) in [6.07, 6.45) is 1.95. The third-order valence-corrected chi connectivity index (χ3v) is 3.40. The second-order valence-corrected chi connectivity index (χ2v) is 4.45. The first-order valence-corrected chi connectivity index (χ1v) is 5.84. The Morgan fingerprint density at radius 2 is 2.42 bits per heavy atom. The maximum Gasteiger partial charge on any atom is 0.352 e. The van der Waals surface area contributed by atoms with Gasteiger partial charge in [-0.2, -0.15) is 0 Å². The molecule has 0 fully saturated rings. The van der Waals surface area contributed by atoms with E-state index in [1.165, 1.54) is 0 Å². The summed E-state index contributed by atoms with van der Waals surface area (Å²) in [5, 5.41) is 8.67. The number of carbonyl (C=O) groups is 1. The first-order chi connectivity index (χ1) is 5.77. The first-order valence-electron chi connectivity index (χ1n) is 3.35. The van der Waals surface area contributed by atoms with Gasteiger partial charge in [-0.1, -0.05) is 20.7 Å². The zero-order valence-corrected chi connectivity index (χ0v) is 8.20. The van der Waals surface area contributed by atoms with Crippen LogP contribution in [0.2, 0.25) is 0 Å². The van der Waals surface area contributed by atoms with Gasteiger partial charge in [0.2, 0.25) is 0 Å². The number of H-pyrrole nitrogens is 1. The van der Waals surface area contributed by atoms with Crippen LogP contribution in [0.3, 0.4) is 0 Å². The lowest BCUT2D eigenvalue weighted by atomic mass is 10.2. The summed E-state index contributed by atoms with van der Waals surface area (Å²) in [6.45, 7) is 0. The maximum absolute atomic E-state index is 10.6. The van der Waals surface area contributed by atoms with Gasteiger partial charge in [0.15, 0.2) is 0 Å². The topological polar surface area (TPSA) is 53.1 Å². The van der Waals surface area contributed by atoms with Gasteiger partial charge in [-0.25, -0.2) is 4.79 Å². The predicted octanol–water partition coefficient (Wildman–Crippen LogP) is 1.82. The van der Waals surface area contributed by atoms with Gasteiger partial charge in [-0.05, 0) is 20.2 Å². The Labute approximate surface area is 78.9 Å². The van der Waals surface area contributed by atoms with Gasteiger partial charge in [0.25, 0.3) is 0 Å². The van der Waals surface area contributed by atoms with Crippen LogP contribution in [0.4, 0.5) is 0 Å². The van der Waals surface area contributed by atoms with Crippen LogP contribution >= 0.6 is 20.7 Å². The summed E-state index contributed by atoms with van der Waals surface area (Å²) in [5.74, 6) is -0.899. The molecular formula is C8H6INO2. The Bertz CT molecular complexity index is 360. The van der Waals surface area contributed by atoms with E-state index in [1.807, 2.05) is 6.08 Å². The third-order valence-electron chi connectivity index (χ3n) is 1.59. The summed E-state index contributed by atoms with van der Waals surface area (Å²) in [6, 6.07) is 1.68. The molecular weight excluding hydrogens is 269 g/mol. The van der Waals surface area contributed by atoms with Gasteiger partial charge in [-0.3, -0.25) is 0 Å². The van der Waals surface area contributed by atoms with E-state index < -0.39 is 5.97 Å². The van der Waals surface area contributed by atoms with Gasteiger partial charge >= 0.3 is 5.97 Å². The van der Waals surface area contributed by atoms with E-state index in [0.29, 0.717) is 0 Å². The third kappa shape index (κ3) is 1.22. The molecule has 0 spiro atoms. The van der Waals surface area contributed by atoms with E-state index in [-0.39, 0.29) is 26.4 Å². The Hall–Kier alpha value is -0.910. The molecule has 62 valence electrons. The molecule has 0 saturated carbocycles. The average Bonchev–Trinajstić information content (AvgIpc) is 2.46. The summed E-state index contributed by atoms with van der Waals surface area (Å²) in [5.41, 5.74) is 2.22. The highest BCUT2D eigenvalue weighted by Crippen LogP contribution is 2.19. The minimum atomic E-state index is -0.899. The molecule has 0 atom stereocenters. The Kier molecular flexibility index (Phi) is 1.84. The van der Waals surface area contributed by atoms with Crippen LogP contribution in [-0.4, -0.2) is 20.1 Å². The number of aromatic nitrogens is 1. The lowest BCUT2D eigenvalue weighted by molar-refractivity contribution is 0.0691. The van der Waals surface area contributed by atoms with Crippen molar-refractivity contribution >= 4 is 36.8 Å². The Morgan fingerprint density at radius 1 is 1.58 bits per heavy atom. The fraction of sp³-hybridized carbons (Fsp3) is 0. The first kappa shape index (κ1) is 7.72. The SMILES string of the molecule is O=C(O)c1cc2c([nH]1)C=CI=C2. The van der Waals surface area contributed by atoms with Crippen LogP contribution in [0, 0.1) is 0 Å². The van der Waals surface area contributed by atoms with Crippen molar-refractivity contribution in [1.82, 2.24) is 4.98 Å². The van der Waals surface area contributed by atoms with Crippen molar-refractivity contribution < 1.29 is 9.90 Å². The molecule has 3 nitrogen and oxygen atoms in total. The van der Waals surface area contributed by atoms with Crippen molar-refractivity contribution in [3.05, 3.63) is 27.1 Å². The molecule has 0 bridgehead atoms. The number of aromatic amines is 1. The van der Waals surface area contributed by atoms with Crippen LogP contribution < -0.4 is 0 Å². The lowest BCUT2D eigenvalue weighted by Gasteiger charge is -1.93. The van der Waals surface area contributed by atoms with Crippen molar-refractivity contribution in [2.24, 2.45) is 0 Å². The molecule has 0 unspecified atom stereocenters. The quantitative estimate of drug-likeness (QED) is 0.768. The van der Waals surface area contributed by atoms with E-state index in [0.717, 1.165) is 11.3 Å². The van der Waals surface area contributed by atoms with E-state index in [4.69, 9.17) is 5.11 Å². The van der Waals surface area contributed by atoms with E-state index in [2.05, 4.69) is 13.1 Å². The monoisotopic (exact) mass is 275 g/mol. The second-order valence-electron chi connectivity index (χ2n) is 2.38. The van der Waals surface area contributed by atoms with Crippen LogP contribution in [0.15, 0.2) is 10.1 Å². The number of carboxylic acid groups (broad SMARTS) is 1. The molecule has 4 heteroatoms. The zero-order valence-electron chi connectivity index (χ0n) is 6.04. The number of nitrogens with one attached hydrogen (secondary N) is 1. The molecule has 0 radical (unpaired) electrons. The van der Waals surface area contributed by atoms with Crippen molar-refractivity contribution in [3.8, 4) is 0 Å². The molecule has 2 heterocycles. The van der Waals surface area contributed by atoms with Crippen LogP contribution in [-0.2, 0) is 0 Å². The number of hydrogen-bond acceptors (Lipinski definition) is 1. The zero-order chi connectivity index (χ0) is 8.55. The summed E-state index contributed by atoms with van der Waals surface area (Å²) >= 11 is 0.000722. The molecule has 1 aliphatic heterocycles. The number of halogens is 1. The maximum atomic E-state index is 10.6. The number of fused-ring (bicyclic) bond motifs is 1. The van der Waals surface area contributed by atoms with Crippen molar-refractivity contribution in [2.75, 3.05) is 0 Å². The number of hydrogen-bond donors (Lipinski definition) is 2. The largest absolute Gasteiger partial charge is 0.477 e. The standard InChI is InChI=1S/C8H6INO2/c11-8(12)7-3-5-4-9-2-1-6(5)10-7/h1-4,10H,(H,11,12). The minimum Gasteiger partial charge on any atom is -0.477 e. The molecule has 2 N–H and O–H groups in total. The number of aromatic carboxylic acids is 1. The van der Waals surface area contributed by atoms with E-state index >= 15 is 0 Å². The summed E-state index contributed by atoms with van der Waals surface area (Å²) in [7, 11) is 0. The molecule has 1 aromatic rings. The molecule has 0 amide bonds. The van der Waals surface area contributed by atoms with E-state index in [9.17, 15) is 4.79 Å². The Balaban J connectivity index is 2.54. The second kappa shape index (κ2) is 2.85. The van der Waals surface area contributed by atoms with Gasteiger partial charge in [-0.15, -0.1) is 0 Å². The van der Waals surface area contributed by atoms with Crippen LogP contribution in [0.1, 0.15) is 21.7 Å². The summed E-state index contributed by atoms with van der Waals surface area (Å²) in [4.78, 5) is 13.4. The summed E-state index contributed by atoms with van der Waals surface area (Å²) < 4.78 is 4.21. The van der Waals surface area contributed by atoms with Gasteiger partial charge < -0.3 is 10.1 Å². The van der Waals surface area contributed by atoms with Crippen molar-refractivity contribution in [1.29, 1.82) is 0 Å². The van der Waals surface area contributed by atoms with E-state index in [1.54, 1.807) is 6.07 Å². The lowest BCUT2D eigenvalue weighted by Crippen LogP contribution is -1.95. The minimum absolute atomic E-state index is 0.000722. The predicted molar refractivity (Wildman–Crippen MR) is 56.0 cm³/mol. The van der Waals surface area contributed by atoms with Crippen molar-refractivity contribution in [3.63, 3.8) is 0 Å². The van der Waals surface area contributed by atoms with Gasteiger partial charge in [0, 0.05) is 11.3 Å². The van der Waals surface area contributed by atoms with Crippen LogP contribution in [0.25, 0.3) is 6.08 Å². The van der Waals surface area contributed by atoms with Crippen molar-refractivity contribution in [2.45, 2.75) is 0 Å². The number of rotatable bonds is 1. The Morgan fingerprint density at radius 3 is 3.08 bits per heavy atom. The molecule has 1 aromatic heterocycles. The molecule has 1 aliphatic rings. The molecule has 0 saturated heterocycles. The van der Waals surface area contributed by atoms with Gasteiger partial charge in [0.05, 0.1) is 0 Å². The van der Waals surface area contributed by atoms with Crippen LogP contribution in [0.5, 0.6) is 0 Å². The normalized spacial score (nSPS) is 13.7. The molecule has 0 aromatic carbocycles. The van der Waals surface area contributed by atoms with Gasteiger partial charge in [0.1, 0.15) is 5.69 Å². The molecule has 2 rings (SSSR count). The molecule has 0 aliphatic carbocycles. The highest BCUT2D eigenvalue weighted by molar-refractivity contribution is 14.2. The highest BCUT2D eigenvalue weighted by atomic mass is 127. The fourth-order valence-corrected chi connectivity index (χ4v) is 2.71. The number of carboxylic acids is 1.